The van der Waals surface area contributed by atoms with Gasteiger partial charge in [-0.2, -0.15) is 0 Å². The fourth-order valence-electron chi connectivity index (χ4n) is 3.26. The van der Waals surface area contributed by atoms with Crippen LogP contribution < -0.4 is 0 Å². The summed E-state index contributed by atoms with van der Waals surface area (Å²) in [6, 6.07) is 3.34. The van der Waals surface area contributed by atoms with Gasteiger partial charge in [-0.05, 0) is 47.9 Å². The minimum absolute atomic E-state index is 0.0930. The van der Waals surface area contributed by atoms with E-state index >= 15 is 0 Å². The van der Waals surface area contributed by atoms with Gasteiger partial charge in [-0.1, -0.05) is 24.9 Å². The van der Waals surface area contributed by atoms with Gasteiger partial charge in [0.05, 0.1) is 17.7 Å². The lowest BCUT2D eigenvalue weighted by Gasteiger charge is -2.29. The van der Waals surface area contributed by atoms with E-state index in [1.54, 1.807) is 12.1 Å². The Morgan fingerprint density at radius 2 is 2.29 bits per heavy atom. The summed E-state index contributed by atoms with van der Waals surface area (Å²) in [5, 5.41) is 0.229. The minimum Gasteiger partial charge on any atom is -0.373 e. The minimum atomic E-state index is -0.324. The number of benzene rings is 1. The number of hydrogen-bond acceptors (Lipinski definition) is 1. The first-order valence-corrected chi connectivity index (χ1v) is 6.68. The maximum absolute atomic E-state index is 13.6. The molecule has 1 aromatic carbocycles. The van der Waals surface area contributed by atoms with Crippen LogP contribution in [0.25, 0.3) is 0 Å². The van der Waals surface area contributed by atoms with Crippen molar-refractivity contribution in [2.75, 3.05) is 6.61 Å². The molecule has 3 atom stereocenters. The molecule has 0 amide bonds. The van der Waals surface area contributed by atoms with Crippen LogP contribution in [0.4, 0.5) is 4.39 Å². The lowest BCUT2D eigenvalue weighted by atomic mass is 9.76. The van der Waals surface area contributed by atoms with Crippen molar-refractivity contribution < 1.29 is 9.13 Å². The summed E-state index contributed by atoms with van der Waals surface area (Å²) >= 11 is 5.83. The van der Waals surface area contributed by atoms with Crippen molar-refractivity contribution in [1.82, 2.24) is 0 Å². The topological polar surface area (TPSA) is 9.23 Å². The second kappa shape index (κ2) is 4.25. The molecule has 3 heteroatoms. The molecule has 1 aliphatic heterocycles. The van der Waals surface area contributed by atoms with Crippen LogP contribution in [0, 0.1) is 17.7 Å². The van der Waals surface area contributed by atoms with E-state index in [1.165, 1.54) is 0 Å². The molecular weight excluding hydrogens is 239 g/mol. The molecule has 92 valence electrons. The number of ether oxygens (including phenoxy) is 1. The fraction of sp³-hybridized carbons (Fsp3) is 0.571. The van der Waals surface area contributed by atoms with E-state index in [4.69, 9.17) is 16.3 Å². The van der Waals surface area contributed by atoms with E-state index in [0.717, 1.165) is 37.0 Å². The lowest BCUT2D eigenvalue weighted by Crippen LogP contribution is -2.21. The van der Waals surface area contributed by atoms with Crippen molar-refractivity contribution in [2.45, 2.75) is 32.3 Å². The Bertz CT molecular complexity index is 446. The van der Waals surface area contributed by atoms with Gasteiger partial charge in [-0.15, -0.1) is 0 Å². The van der Waals surface area contributed by atoms with Gasteiger partial charge in [0.2, 0.25) is 0 Å². The van der Waals surface area contributed by atoms with Crippen LogP contribution in [0.3, 0.4) is 0 Å². The highest BCUT2D eigenvalue weighted by Crippen LogP contribution is 2.47. The number of aryl methyl sites for hydroxylation is 1. The molecule has 3 unspecified atom stereocenters. The van der Waals surface area contributed by atoms with E-state index in [0.29, 0.717) is 11.8 Å². The first kappa shape index (κ1) is 11.5. The number of hydrogen-bond donors (Lipinski definition) is 0. The zero-order chi connectivity index (χ0) is 12.0. The summed E-state index contributed by atoms with van der Waals surface area (Å²) in [4.78, 5) is 0. The lowest BCUT2D eigenvalue weighted by molar-refractivity contribution is 0.0827. The molecule has 0 saturated carbocycles. The van der Waals surface area contributed by atoms with Gasteiger partial charge < -0.3 is 4.74 Å². The van der Waals surface area contributed by atoms with Gasteiger partial charge in [-0.25, -0.2) is 4.39 Å². The van der Waals surface area contributed by atoms with E-state index < -0.39 is 0 Å². The maximum Gasteiger partial charge on any atom is 0.142 e. The maximum atomic E-state index is 13.6. The summed E-state index contributed by atoms with van der Waals surface area (Å²) in [5.74, 6) is 0.870. The van der Waals surface area contributed by atoms with Crippen molar-refractivity contribution in [3.8, 4) is 0 Å². The predicted molar refractivity (Wildman–Crippen MR) is 65.7 cm³/mol. The normalized spacial score (nSPS) is 31.1. The van der Waals surface area contributed by atoms with E-state index in [-0.39, 0.29) is 16.9 Å². The molecular formula is C14H16ClFO. The molecule has 1 heterocycles. The Hall–Kier alpha value is -0.600. The Morgan fingerprint density at radius 1 is 1.47 bits per heavy atom. The molecule has 3 rings (SSSR count). The Labute approximate surface area is 106 Å². The van der Waals surface area contributed by atoms with Crippen LogP contribution in [-0.2, 0) is 11.2 Å². The van der Waals surface area contributed by atoms with Crippen LogP contribution in [0.2, 0.25) is 5.02 Å². The third-order valence-electron chi connectivity index (χ3n) is 4.24. The van der Waals surface area contributed by atoms with Crippen molar-refractivity contribution >= 4 is 11.6 Å². The summed E-state index contributed by atoms with van der Waals surface area (Å²) in [5.41, 5.74) is 2.19. The highest BCUT2D eigenvalue weighted by atomic mass is 35.5. The second-order valence-electron chi connectivity index (χ2n) is 5.09. The van der Waals surface area contributed by atoms with E-state index in [2.05, 4.69) is 6.92 Å². The van der Waals surface area contributed by atoms with E-state index in [1.807, 2.05) is 0 Å². The summed E-state index contributed by atoms with van der Waals surface area (Å²) in [7, 11) is 0. The number of fused-ring (bicyclic) bond motifs is 3. The van der Waals surface area contributed by atoms with Crippen molar-refractivity contribution in [3.05, 3.63) is 34.1 Å². The van der Waals surface area contributed by atoms with Gasteiger partial charge in [0.25, 0.3) is 0 Å². The SMILES string of the molecule is CCC1COC2c3cc(F)c(Cl)cc3CCC12. The molecule has 17 heavy (non-hydrogen) atoms. The third kappa shape index (κ3) is 1.78. The molecule has 1 nitrogen and oxygen atoms in total. The molecule has 1 aliphatic carbocycles. The van der Waals surface area contributed by atoms with Crippen LogP contribution in [0.1, 0.15) is 37.0 Å². The van der Waals surface area contributed by atoms with Gasteiger partial charge in [-0.3, -0.25) is 0 Å². The Kier molecular flexibility index (Phi) is 2.87. The standard InChI is InChI=1S/C14H16ClFO/c1-2-8-7-17-14-10(8)4-3-9-5-12(15)13(16)6-11(9)14/h5-6,8,10,14H,2-4,7H2,1H3. The molecule has 0 aromatic heterocycles. The predicted octanol–water partition coefficient (Wildman–Crippen LogP) is 4.14. The second-order valence-corrected chi connectivity index (χ2v) is 5.50. The van der Waals surface area contributed by atoms with Gasteiger partial charge >= 0.3 is 0 Å². The molecule has 1 aromatic rings. The van der Waals surface area contributed by atoms with Crippen molar-refractivity contribution in [1.29, 1.82) is 0 Å². The van der Waals surface area contributed by atoms with Crippen molar-refractivity contribution in [3.63, 3.8) is 0 Å². The Morgan fingerprint density at radius 3 is 3.06 bits per heavy atom. The van der Waals surface area contributed by atoms with Crippen LogP contribution in [-0.4, -0.2) is 6.61 Å². The zero-order valence-corrected chi connectivity index (χ0v) is 10.6. The number of rotatable bonds is 1. The monoisotopic (exact) mass is 254 g/mol. The first-order valence-electron chi connectivity index (χ1n) is 6.30. The first-order chi connectivity index (χ1) is 8.20. The summed E-state index contributed by atoms with van der Waals surface area (Å²) < 4.78 is 19.4. The van der Waals surface area contributed by atoms with Gasteiger partial charge in [0, 0.05) is 0 Å². The highest BCUT2D eigenvalue weighted by molar-refractivity contribution is 6.30. The van der Waals surface area contributed by atoms with E-state index in [9.17, 15) is 4.39 Å². The molecule has 1 saturated heterocycles. The van der Waals surface area contributed by atoms with Gasteiger partial charge in [0.15, 0.2) is 0 Å². The molecule has 0 radical (unpaired) electrons. The average molecular weight is 255 g/mol. The molecule has 2 aliphatic rings. The third-order valence-corrected chi connectivity index (χ3v) is 4.53. The fourth-order valence-corrected chi connectivity index (χ4v) is 3.44. The smallest absolute Gasteiger partial charge is 0.142 e. The molecule has 0 N–H and O–H groups in total. The number of halogens is 2. The molecule has 0 bridgehead atoms. The summed E-state index contributed by atoms with van der Waals surface area (Å²) in [6.07, 6.45) is 3.37. The largest absolute Gasteiger partial charge is 0.373 e. The Balaban J connectivity index is 2.00. The van der Waals surface area contributed by atoms with Crippen molar-refractivity contribution in [2.24, 2.45) is 11.8 Å². The van der Waals surface area contributed by atoms with Crippen LogP contribution in [0.5, 0.6) is 0 Å². The zero-order valence-electron chi connectivity index (χ0n) is 9.88. The summed E-state index contributed by atoms with van der Waals surface area (Å²) in [6.45, 7) is 3.02. The van der Waals surface area contributed by atoms with Crippen LogP contribution in [0.15, 0.2) is 12.1 Å². The highest BCUT2D eigenvalue weighted by Gasteiger charge is 2.40. The van der Waals surface area contributed by atoms with Gasteiger partial charge in [0.1, 0.15) is 5.82 Å². The molecule has 1 fully saturated rings. The quantitative estimate of drug-likeness (QED) is 0.732. The average Bonchev–Trinajstić information content (AvgIpc) is 2.74. The van der Waals surface area contributed by atoms with Crippen LogP contribution >= 0.6 is 11.6 Å². The molecule has 0 spiro atoms.